The fourth-order valence-electron chi connectivity index (χ4n) is 10.6. The molecule has 5 amide bonds. The number of nitrogens with zero attached hydrogens (tertiary/aromatic N) is 8. The van der Waals surface area contributed by atoms with E-state index in [0.717, 1.165) is 24.1 Å². The molecule has 67 heavy (non-hydrogen) atoms. The number of benzene rings is 1. The van der Waals surface area contributed by atoms with Crippen molar-refractivity contribution >= 4 is 58.2 Å². The lowest BCUT2D eigenvalue weighted by molar-refractivity contribution is -0.137. The Kier molecular flexibility index (Phi) is 10.9. The molecule has 2 unspecified atom stereocenters. The molecule has 4 aliphatic heterocycles. The van der Waals surface area contributed by atoms with Crippen molar-refractivity contribution < 1.29 is 29.1 Å². The molecule has 346 valence electrons. The first kappa shape index (κ1) is 43.5. The van der Waals surface area contributed by atoms with E-state index < -0.39 is 11.9 Å². The Morgan fingerprint density at radius 3 is 2.52 bits per heavy atom. The minimum Gasteiger partial charge on any atom is -0.392 e. The molecule has 18 heteroatoms. The molecular weight excluding hydrogens is 855 g/mol. The van der Waals surface area contributed by atoms with Gasteiger partial charge >= 0.3 is 0 Å². The van der Waals surface area contributed by atoms with Crippen molar-refractivity contribution in [3.8, 4) is 11.1 Å². The quantitative estimate of drug-likeness (QED) is 0.149. The van der Waals surface area contributed by atoms with Crippen LogP contribution in [0.5, 0.6) is 0 Å². The van der Waals surface area contributed by atoms with E-state index in [-0.39, 0.29) is 78.9 Å². The number of aliphatic hydroxyl groups is 1. The van der Waals surface area contributed by atoms with Gasteiger partial charge in [-0.15, -0.1) is 0 Å². The molecule has 2 fully saturated rings. The van der Waals surface area contributed by atoms with E-state index in [9.17, 15) is 33.9 Å². The molecule has 1 aromatic carbocycles. The largest absolute Gasteiger partial charge is 0.392 e. The Labute approximate surface area is 386 Å². The van der Waals surface area contributed by atoms with Crippen LogP contribution >= 0.6 is 0 Å². The maximum absolute atomic E-state index is 14.0. The highest BCUT2D eigenvalue weighted by atomic mass is 16.3. The van der Waals surface area contributed by atoms with Gasteiger partial charge in [-0.2, -0.15) is 0 Å². The molecule has 0 saturated carbocycles. The number of anilines is 5. The molecule has 10 rings (SSSR count). The van der Waals surface area contributed by atoms with Crippen molar-refractivity contribution in [2.24, 2.45) is 12.5 Å². The second kappa shape index (κ2) is 16.8. The zero-order valence-corrected chi connectivity index (χ0v) is 38.0. The molecule has 0 bridgehead atoms. The lowest BCUT2D eigenvalue weighted by Gasteiger charge is -2.41. The molecule has 5 aromatic rings. The van der Waals surface area contributed by atoms with Gasteiger partial charge in [-0.1, -0.05) is 19.9 Å². The maximum Gasteiger partial charge on any atom is 0.276 e. The molecular formula is C49H53N11O7. The van der Waals surface area contributed by atoms with Gasteiger partial charge in [-0.3, -0.25) is 39.0 Å². The SMILES string of the molecule is CC1CN(C(=O)CNc2cccc3c2CN(C2CCC(=O)NC2=O)C3=O)CCN1c1ccc(Nc2cc(-c3ccnc(N4CCn5c(cc6c5CC(C)(C)C6)C4=O)c3CO)cn(C)c2=O)nc1. The summed E-state index contributed by atoms with van der Waals surface area (Å²) >= 11 is 0. The molecule has 4 aromatic heterocycles. The minimum atomic E-state index is -0.725. The van der Waals surface area contributed by atoms with Crippen LogP contribution < -0.4 is 31.3 Å². The van der Waals surface area contributed by atoms with Gasteiger partial charge in [0.2, 0.25) is 17.7 Å². The van der Waals surface area contributed by atoms with E-state index in [1.54, 1.807) is 60.9 Å². The first-order valence-electron chi connectivity index (χ1n) is 22.8. The van der Waals surface area contributed by atoms with Gasteiger partial charge < -0.3 is 39.6 Å². The number of amides is 5. The molecule has 18 nitrogen and oxygen atoms in total. The van der Waals surface area contributed by atoms with Crippen molar-refractivity contribution in [1.29, 1.82) is 0 Å². The van der Waals surface area contributed by atoms with E-state index >= 15 is 0 Å². The molecule has 5 aliphatic rings. The number of nitrogens with one attached hydrogen (secondary N) is 3. The van der Waals surface area contributed by atoms with E-state index in [1.807, 2.05) is 30.0 Å². The highest BCUT2D eigenvalue weighted by Crippen LogP contribution is 2.40. The summed E-state index contributed by atoms with van der Waals surface area (Å²) in [4.78, 5) is 94.9. The smallest absolute Gasteiger partial charge is 0.276 e. The van der Waals surface area contributed by atoms with E-state index in [2.05, 4.69) is 49.2 Å². The summed E-state index contributed by atoms with van der Waals surface area (Å²) in [5.41, 5.74) is 7.76. The minimum absolute atomic E-state index is 0.0234. The third-order valence-corrected chi connectivity index (χ3v) is 13.9. The number of imide groups is 1. The van der Waals surface area contributed by atoms with Crippen LogP contribution in [0.2, 0.25) is 0 Å². The Hall–Kier alpha value is -7.34. The van der Waals surface area contributed by atoms with Gasteiger partial charge in [-0.05, 0) is 85.2 Å². The second-order valence-corrected chi connectivity index (χ2v) is 19.0. The van der Waals surface area contributed by atoms with Crippen LogP contribution in [-0.2, 0) is 54.0 Å². The Bertz CT molecular complexity index is 2940. The number of piperidine rings is 1. The summed E-state index contributed by atoms with van der Waals surface area (Å²) in [6.45, 7) is 8.98. The van der Waals surface area contributed by atoms with Gasteiger partial charge in [0.25, 0.3) is 17.4 Å². The summed E-state index contributed by atoms with van der Waals surface area (Å²) in [5, 5.41) is 19.5. The molecule has 2 atom stereocenters. The number of hydrogen-bond donors (Lipinski definition) is 4. The van der Waals surface area contributed by atoms with Crippen LogP contribution in [0, 0.1) is 5.41 Å². The molecule has 8 heterocycles. The Morgan fingerprint density at radius 2 is 1.76 bits per heavy atom. The zero-order chi connectivity index (χ0) is 46.9. The summed E-state index contributed by atoms with van der Waals surface area (Å²) in [7, 11) is 1.66. The average molecular weight is 908 g/mol. The lowest BCUT2D eigenvalue weighted by Crippen LogP contribution is -2.54. The Balaban J connectivity index is 0.780. The molecule has 2 saturated heterocycles. The predicted octanol–water partition coefficient (Wildman–Crippen LogP) is 3.58. The Morgan fingerprint density at radius 1 is 0.925 bits per heavy atom. The number of fused-ring (bicyclic) bond motifs is 4. The standard InChI is InChI=1S/C49H53N11O7/c1-28-24-56(43(63)23-51-36-7-5-6-33-34(36)26-60(46(33)65)38-9-11-42(62)54-45(38)64)14-15-57(28)31-8-10-41(52-22-31)53-37-18-30(25-55(4)47(37)66)32-12-13-50-44(35(32)27-61)59-17-16-58-39(48(59)67)19-29-20-49(2,3)21-40(29)58/h5-8,10,12-13,18-19,22,25,28,38,51,61H,9,11,14-17,20-21,23-24,26-27H2,1-4H3,(H,52,53)(H,54,62,64). The molecule has 0 spiro atoms. The van der Waals surface area contributed by atoms with Gasteiger partial charge in [0.05, 0.1) is 25.0 Å². The monoisotopic (exact) mass is 907 g/mol. The number of aromatic nitrogens is 4. The highest BCUT2D eigenvalue weighted by molar-refractivity contribution is 6.07. The van der Waals surface area contributed by atoms with Crippen LogP contribution in [0.15, 0.2) is 71.9 Å². The van der Waals surface area contributed by atoms with Crippen LogP contribution in [0.4, 0.5) is 28.7 Å². The van der Waals surface area contributed by atoms with Gasteiger partial charge in [-0.25, -0.2) is 9.97 Å². The normalized spacial score (nSPS) is 19.9. The third-order valence-electron chi connectivity index (χ3n) is 13.9. The van der Waals surface area contributed by atoms with Crippen LogP contribution in [0.1, 0.15) is 76.8 Å². The molecule has 1 aliphatic carbocycles. The number of rotatable bonds is 10. The van der Waals surface area contributed by atoms with Crippen LogP contribution in [0.25, 0.3) is 11.1 Å². The van der Waals surface area contributed by atoms with Crippen LogP contribution in [-0.4, -0.2) is 108 Å². The fraction of sp³-hybridized carbons (Fsp3) is 0.388. The number of piperazine rings is 1. The van der Waals surface area contributed by atoms with E-state index in [1.165, 1.54) is 20.7 Å². The lowest BCUT2D eigenvalue weighted by atomic mass is 9.90. The number of hydrogen-bond acceptors (Lipinski definition) is 12. The summed E-state index contributed by atoms with van der Waals surface area (Å²) in [6, 6.07) is 13.8. The highest BCUT2D eigenvalue weighted by Gasteiger charge is 2.41. The number of aliphatic hydroxyl groups excluding tert-OH is 1. The topological polar surface area (TPSA) is 207 Å². The predicted molar refractivity (Wildman–Crippen MR) is 250 cm³/mol. The maximum atomic E-state index is 14.0. The second-order valence-electron chi connectivity index (χ2n) is 19.0. The van der Waals surface area contributed by atoms with Gasteiger partial charge in [0.15, 0.2) is 0 Å². The van der Waals surface area contributed by atoms with E-state index in [4.69, 9.17) is 0 Å². The summed E-state index contributed by atoms with van der Waals surface area (Å²) in [6.07, 6.45) is 7.36. The fourth-order valence-corrected chi connectivity index (χ4v) is 10.6. The van der Waals surface area contributed by atoms with Gasteiger partial charge in [0.1, 0.15) is 29.1 Å². The van der Waals surface area contributed by atoms with Crippen molar-refractivity contribution in [3.63, 3.8) is 0 Å². The molecule has 0 radical (unpaired) electrons. The number of aryl methyl sites for hydroxylation is 1. The number of pyridine rings is 3. The third kappa shape index (κ3) is 7.87. The van der Waals surface area contributed by atoms with Gasteiger partial charge in [0, 0.05) is 105 Å². The summed E-state index contributed by atoms with van der Waals surface area (Å²) < 4.78 is 3.62. The van der Waals surface area contributed by atoms with Crippen molar-refractivity contribution in [2.45, 2.75) is 78.2 Å². The van der Waals surface area contributed by atoms with Crippen molar-refractivity contribution in [2.75, 3.05) is 53.2 Å². The number of carbonyl (C=O) groups excluding carboxylic acids is 5. The van der Waals surface area contributed by atoms with Crippen molar-refractivity contribution in [3.05, 3.63) is 111 Å². The van der Waals surface area contributed by atoms with E-state index in [0.29, 0.717) is 78.0 Å². The van der Waals surface area contributed by atoms with Crippen molar-refractivity contribution in [1.82, 2.24) is 34.2 Å². The van der Waals surface area contributed by atoms with Crippen LogP contribution in [0.3, 0.4) is 0 Å². The average Bonchev–Trinajstić information content (AvgIpc) is 3.94. The first-order valence-corrected chi connectivity index (χ1v) is 22.8. The zero-order valence-electron chi connectivity index (χ0n) is 38.0. The number of carbonyl (C=O) groups is 5. The first-order chi connectivity index (χ1) is 32.2. The molecule has 4 N–H and O–H groups in total. The summed E-state index contributed by atoms with van der Waals surface area (Å²) in [5.74, 6) is -0.480.